The van der Waals surface area contributed by atoms with Gasteiger partial charge in [-0.05, 0) is 18.9 Å². The quantitative estimate of drug-likeness (QED) is 0.913. The molecule has 1 aromatic heterocycles. The van der Waals surface area contributed by atoms with Crippen LogP contribution >= 0.6 is 0 Å². The van der Waals surface area contributed by atoms with Gasteiger partial charge in [0.1, 0.15) is 0 Å². The van der Waals surface area contributed by atoms with E-state index in [-0.39, 0.29) is 0 Å². The van der Waals surface area contributed by atoms with E-state index in [1.165, 1.54) is 19.3 Å². The highest BCUT2D eigenvalue weighted by molar-refractivity contribution is 5.29. The van der Waals surface area contributed by atoms with Crippen LogP contribution < -0.4 is 4.90 Å². The average Bonchev–Trinajstić information content (AvgIpc) is 2.43. The van der Waals surface area contributed by atoms with Crippen LogP contribution in [0, 0.1) is 0 Å². The molecule has 1 N–H and O–H groups in total. The highest BCUT2D eigenvalue weighted by Crippen LogP contribution is 2.33. The molecule has 0 radical (unpaired) electrons. The molecule has 1 aliphatic heterocycles. The van der Waals surface area contributed by atoms with Crippen molar-refractivity contribution in [2.45, 2.75) is 43.6 Å². The second-order valence-electron chi connectivity index (χ2n) is 6.85. The summed E-state index contributed by atoms with van der Waals surface area (Å²) < 4.78 is 0. The number of hydrogen-bond acceptors (Lipinski definition) is 5. The van der Waals surface area contributed by atoms with Gasteiger partial charge in [-0.2, -0.15) is 0 Å². The third kappa shape index (κ3) is 3.35. The van der Waals surface area contributed by atoms with Crippen molar-refractivity contribution in [2.75, 3.05) is 38.6 Å². The topological polar surface area (TPSA) is 52.5 Å². The minimum absolute atomic E-state index is 0.441. The molecule has 0 unspecified atom stereocenters. The van der Waals surface area contributed by atoms with Gasteiger partial charge < -0.3 is 10.0 Å². The molecular formula is C16H26N4O. The van der Waals surface area contributed by atoms with Gasteiger partial charge in [-0.15, -0.1) is 0 Å². The van der Waals surface area contributed by atoms with Gasteiger partial charge in [0.05, 0.1) is 11.3 Å². The Kier molecular flexibility index (Phi) is 4.13. The Hall–Kier alpha value is -1.20. The van der Waals surface area contributed by atoms with E-state index in [1.54, 1.807) is 0 Å². The summed E-state index contributed by atoms with van der Waals surface area (Å²) in [6, 6.07) is 2.02. The summed E-state index contributed by atoms with van der Waals surface area (Å²) in [5.74, 6) is 1.26. The molecule has 5 nitrogen and oxygen atoms in total. The first-order valence-electron chi connectivity index (χ1n) is 8.01. The van der Waals surface area contributed by atoms with E-state index < -0.39 is 5.60 Å². The molecule has 5 heteroatoms. The Morgan fingerprint density at radius 3 is 2.67 bits per heavy atom. The number of anilines is 1. The molecule has 1 saturated heterocycles. The molecule has 1 saturated carbocycles. The van der Waals surface area contributed by atoms with Crippen LogP contribution in [0.4, 0.5) is 5.95 Å². The van der Waals surface area contributed by atoms with Gasteiger partial charge in [-0.1, -0.05) is 19.3 Å². The smallest absolute Gasteiger partial charge is 0.224 e. The van der Waals surface area contributed by atoms with Crippen LogP contribution in [0.1, 0.15) is 43.7 Å². The average molecular weight is 290 g/mol. The first-order valence-corrected chi connectivity index (χ1v) is 8.01. The molecule has 0 aromatic carbocycles. The second-order valence-corrected chi connectivity index (χ2v) is 6.85. The van der Waals surface area contributed by atoms with Gasteiger partial charge in [0.2, 0.25) is 5.95 Å². The van der Waals surface area contributed by atoms with E-state index in [9.17, 15) is 5.11 Å². The van der Waals surface area contributed by atoms with Crippen molar-refractivity contribution < 1.29 is 5.11 Å². The van der Waals surface area contributed by atoms with Crippen LogP contribution in [0.3, 0.4) is 0 Å². The SMILES string of the molecule is CN(C)c1nccc(C2CN(CC3(O)CCCCC3)C2)n1. The number of nitrogens with zero attached hydrogens (tertiary/aromatic N) is 4. The lowest BCUT2D eigenvalue weighted by Crippen LogP contribution is -2.53. The second kappa shape index (κ2) is 5.89. The highest BCUT2D eigenvalue weighted by Gasteiger charge is 2.37. The predicted octanol–water partition coefficient (Wildman–Crippen LogP) is 1.64. The van der Waals surface area contributed by atoms with Crippen LogP contribution in [0.15, 0.2) is 12.3 Å². The molecule has 3 rings (SSSR count). The molecule has 2 fully saturated rings. The molecule has 21 heavy (non-hydrogen) atoms. The van der Waals surface area contributed by atoms with Gasteiger partial charge in [0.25, 0.3) is 0 Å². The Labute approximate surface area is 127 Å². The summed E-state index contributed by atoms with van der Waals surface area (Å²) in [6.07, 6.45) is 7.39. The first-order chi connectivity index (χ1) is 10.1. The Morgan fingerprint density at radius 2 is 2.00 bits per heavy atom. The van der Waals surface area contributed by atoms with Gasteiger partial charge >= 0.3 is 0 Å². The van der Waals surface area contributed by atoms with Gasteiger partial charge in [0, 0.05) is 45.8 Å². The number of rotatable bonds is 4. The third-order valence-corrected chi connectivity index (χ3v) is 4.74. The lowest BCUT2D eigenvalue weighted by atomic mass is 9.83. The third-order valence-electron chi connectivity index (χ3n) is 4.74. The zero-order valence-electron chi connectivity index (χ0n) is 13.1. The maximum absolute atomic E-state index is 10.6. The standard InChI is InChI=1S/C16H26N4O/c1-19(2)15-17-9-6-14(18-15)13-10-20(11-13)12-16(21)7-4-3-5-8-16/h6,9,13,21H,3-5,7-8,10-12H2,1-2H3. The monoisotopic (exact) mass is 290 g/mol. The van der Waals surface area contributed by atoms with Crippen molar-refractivity contribution in [1.29, 1.82) is 0 Å². The van der Waals surface area contributed by atoms with Crippen LogP contribution in [0.5, 0.6) is 0 Å². The molecule has 0 bridgehead atoms. The molecule has 116 valence electrons. The predicted molar refractivity (Wildman–Crippen MR) is 83.6 cm³/mol. The number of likely N-dealkylation sites (tertiary alicyclic amines) is 1. The molecular weight excluding hydrogens is 264 g/mol. The largest absolute Gasteiger partial charge is 0.389 e. The zero-order valence-corrected chi connectivity index (χ0v) is 13.1. The Balaban J connectivity index is 1.54. The fraction of sp³-hybridized carbons (Fsp3) is 0.750. The minimum Gasteiger partial charge on any atom is -0.389 e. The van der Waals surface area contributed by atoms with Crippen LogP contribution in [0.25, 0.3) is 0 Å². The highest BCUT2D eigenvalue weighted by atomic mass is 16.3. The van der Waals surface area contributed by atoms with Crippen molar-refractivity contribution in [2.24, 2.45) is 0 Å². The van der Waals surface area contributed by atoms with Crippen molar-refractivity contribution in [3.05, 3.63) is 18.0 Å². The van der Waals surface area contributed by atoms with E-state index in [0.29, 0.717) is 5.92 Å². The summed E-state index contributed by atoms with van der Waals surface area (Å²) in [5, 5.41) is 10.6. The van der Waals surface area contributed by atoms with Crippen LogP contribution in [0.2, 0.25) is 0 Å². The Morgan fingerprint density at radius 1 is 1.29 bits per heavy atom. The molecule has 0 amide bonds. The van der Waals surface area contributed by atoms with E-state index in [0.717, 1.165) is 44.1 Å². The van der Waals surface area contributed by atoms with Gasteiger partial charge in [-0.3, -0.25) is 4.90 Å². The number of β-amino-alcohol motifs (C(OH)–C–C–N with tert-alkyl or cyclic N) is 1. The fourth-order valence-electron chi connectivity index (χ4n) is 3.48. The fourth-order valence-corrected chi connectivity index (χ4v) is 3.48. The molecule has 1 aromatic rings. The summed E-state index contributed by atoms with van der Waals surface area (Å²) in [7, 11) is 3.93. The number of hydrogen-bond donors (Lipinski definition) is 1. The van der Waals surface area contributed by atoms with Crippen LogP contribution in [-0.2, 0) is 0 Å². The van der Waals surface area contributed by atoms with E-state index >= 15 is 0 Å². The molecule has 1 aliphatic carbocycles. The first kappa shape index (κ1) is 14.7. The summed E-state index contributed by atoms with van der Waals surface area (Å²) in [4.78, 5) is 13.2. The van der Waals surface area contributed by atoms with Crippen molar-refractivity contribution >= 4 is 5.95 Å². The maximum atomic E-state index is 10.6. The lowest BCUT2D eigenvalue weighted by molar-refractivity contribution is -0.0444. The molecule has 0 spiro atoms. The molecule has 2 heterocycles. The Bertz CT molecular complexity index is 479. The van der Waals surface area contributed by atoms with Crippen molar-refractivity contribution in [1.82, 2.24) is 14.9 Å². The molecule has 2 aliphatic rings. The van der Waals surface area contributed by atoms with Gasteiger partial charge in [-0.25, -0.2) is 9.97 Å². The normalized spacial score (nSPS) is 22.8. The van der Waals surface area contributed by atoms with E-state index in [4.69, 9.17) is 0 Å². The van der Waals surface area contributed by atoms with Crippen molar-refractivity contribution in [3.8, 4) is 0 Å². The number of aliphatic hydroxyl groups is 1. The van der Waals surface area contributed by atoms with E-state index in [2.05, 4.69) is 14.9 Å². The molecule has 0 atom stereocenters. The lowest BCUT2D eigenvalue weighted by Gasteiger charge is -2.44. The summed E-state index contributed by atoms with van der Waals surface area (Å²) >= 11 is 0. The number of aromatic nitrogens is 2. The van der Waals surface area contributed by atoms with Crippen molar-refractivity contribution in [3.63, 3.8) is 0 Å². The van der Waals surface area contributed by atoms with Gasteiger partial charge in [0.15, 0.2) is 0 Å². The van der Waals surface area contributed by atoms with Crippen LogP contribution in [-0.4, -0.2) is 59.3 Å². The summed E-state index contributed by atoms with van der Waals surface area (Å²) in [6.45, 7) is 2.84. The minimum atomic E-state index is -0.441. The maximum Gasteiger partial charge on any atom is 0.224 e. The summed E-state index contributed by atoms with van der Waals surface area (Å²) in [5.41, 5.74) is 0.685. The zero-order chi connectivity index (χ0) is 14.9. The van der Waals surface area contributed by atoms with E-state index in [1.807, 2.05) is 31.3 Å².